The third kappa shape index (κ3) is 3.90. The molecule has 4 bridgehead atoms. The van der Waals surface area contributed by atoms with Crippen LogP contribution in [0.25, 0.3) is 11.3 Å². The molecule has 6 rings (SSSR count). The molecule has 30 heavy (non-hydrogen) atoms. The highest BCUT2D eigenvalue weighted by Crippen LogP contribution is 2.57. The van der Waals surface area contributed by atoms with Crippen LogP contribution in [0.2, 0.25) is 0 Å². The fraction of sp³-hybridized carbons (Fsp3) is 0.538. The number of nitrogens with one attached hydrogen (secondary N) is 1. The Morgan fingerprint density at radius 2 is 1.83 bits per heavy atom. The first-order valence-electron chi connectivity index (χ1n) is 11.6. The summed E-state index contributed by atoms with van der Waals surface area (Å²) >= 11 is 0. The van der Waals surface area contributed by atoms with Crippen molar-refractivity contribution < 1.29 is 4.79 Å². The number of pyridine rings is 1. The van der Waals surface area contributed by atoms with Crippen molar-refractivity contribution in [1.82, 2.24) is 10.3 Å². The van der Waals surface area contributed by atoms with Crippen molar-refractivity contribution in [2.24, 2.45) is 35.3 Å². The van der Waals surface area contributed by atoms with Crippen molar-refractivity contribution in [3.63, 3.8) is 0 Å². The van der Waals surface area contributed by atoms with Gasteiger partial charge in [-0.05, 0) is 105 Å². The van der Waals surface area contributed by atoms with E-state index in [2.05, 4.69) is 23.3 Å². The molecule has 0 radical (unpaired) electrons. The summed E-state index contributed by atoms with van der Waals surface area (Å²) in [4.78, 5) is 16.1. The quantitative estimate of drug-likeness (QED) is 0.658. The number of hydrogen-bond acceptors (Lipinski definition) is 3. The molecule has 4 heteroatoms. The predicted molar refractivity (Wildman–Crippen MR) is 120 cm³/mol. The summed E-state index contributed by atoms with van der Waals surface area (Å²) < 4.78 is 0. The van der Waals surface area contributed by atoms with Gasteiger partial charge in [0.2, 0.25) is 5.91 Å². The number of carbonyl (C=O) groups is 1. The van der Waals surface area contributed by atoms with Crippen molar-refractivity contribution in [2.45, 2.75) is 52.0 Å². The number of carbonyl (C=O) groups excluding carboxylic acids is 1. The minimum absolute atomic E-state index is 0.408. The van der Waals surface area contributed by atoms with Gasteiger partial charge < -0.3 is 11.1 Å². The maximum absolute atomic E-state index is 11.5. The lowest BCUT2D eigenvalue weighted by molar-refractivity contribution is -0.0393. The second-order valence-corrected chi connectivity index (χ2v) is 10.0. The van der Waals surface area contributed by atoms with Gasteiger partial charge in [-0.25, -0.2) is 0 Å². The highest BCUT2D eigenvalue weighted by atomic mass is 16.1. The van der Waals surface area contributed by atoms with Gasteiger partial charge in [0, 0.05) is 23.9 Å². The molecule has 4 aliphatic rings. The molecule has 3 N–H and O–H groups in total. The van der Waals surface area contributed by atoms with E-state index in [4.69, 9.17) is 5.73 Å². The molecular formula is C26H33N3O. The Morgan fingerprint density at radius 3 is 2.50 bits per heavy atom. The van der Waals surface area contributed by atoms with Gasteiger partial charge in [-0.2, -0.15) is 0 Å². The highest BCUT2D eigenvalue weighted by Gasteiger charge is 2.47. The van der Waals surface area contributed by atoms with Crippen molar-refractivity contribution in [3.8, 4) is 11.3 Å². The zero-order valence-corrected chi connectivity index (χ0v) is 17.9. The lowest BCUT2D eigenvalue weighted by Crippen LogP contribution is -2.45. The van der Waals surface area contributed by atoms with Crippen LogP contribution >= 0.6 is 0 Å². The Kier molecular flexibility index (Phi) is 5.36. The first kappa shape index (κ1) is 19.7. The van der Waals surface area contributed by atoms with Crippen molar-refractivity contribution >= 4 is 5.91 Å². The van der Waals surface area contributed by atoms with E-state index in [9.17, 15) is 4.79 Å². The number of amides is 1. The fourth-order valence-corrected chi connectivity index (χ4v) is 6.86. The first-order valence-corrected chi connectivity index (χ1v) is 11.6. The Morgan fingerprint density at radius 1 is 1.10 bits per heavy atom. The van der Waals surface area contributed by atoms with Crippen LogP contribution in [-0.2, 0) is 6.54 Å². The number of hydrogen-bond donors (Lipinski definition) is 2. The fourth-order valence-electron chi connectivity index (χ4n) is 6.86. The number of benzene rings is 1. The molecule has 0 unspecified atom stereocenters. The van der Waals surface area contributed by atoms with Gasteiger partial charge in [0.25, 0.3) is 0 Å². The van der Waals surface area contributed by atoms with Crippen LogP contribution in [0.5, 0.6) is 0 Å². The number of primary amides is 1. The van der Waals surface area contributed by atoms with E-state index < -0.39 is 5.91 Å². The van der Waals surface area contributed by atoms with Crippen LogP contribution in [0.4, 0.5) is 0 Å². The maximum atomic E-state index is 11.5. The molecule has 0 atom stereocenters. The molecule has 2 aromatic rings. The van der Waals surface area contributed by atoms with Gasteiger partial charge in [0.05, 0.1) is 5.69 Å². The molecule has 0 aliphatic heterocycles. The zero-order chi connectivity index (χ0) is 20.7. The molecular weight excluding hydrogens is 370 g/mol. The van der Waals surface area contributed by atoms with Gasteiger partial charge >= 0.3 is 0 Å². The Balaban J connectivity index is 1.16. The molecule has 0 saturated heterocycles. The Labute approximate surface area is 179 Å². The SMILES string of the molecule is Cc1cc(CNCCC2C3CC4CC(C3)CC2C4)cnc1-c1cccc(C(N)=O)c1. The number of nitrogens with zero attached hydrogens (tertiary/aromatic N) is 1. The number of aromatic nitrogens is 1. The molecule has 1 aromatic carbocycles. The monoisotopic (exact) mass is 403 g/mol. The summed E-state index contributed by atoms with van der Waals surface area (Å²) in [6, 6.07) is 9.60. The van der Waals surface area contributed by atoms with E-state index in [1.165, 1.54) is 44.1 Å². The summed E-state index contributed by atoms with van der Waals surface area (Å²) in [7, 11) is 0. The third-order valence-electron chi connectivity index (χ3n) is 7.96. The predicted octanol–water partition coefficient (Wildman–Crippen LogP) is 4.71. The van der Waals surface area contributed by atoms with Crippen LogP contribution in [-0.4, -0.2) is 17.4 Å². The van der Waals surface area contributed by atoms with Crippen LogP contribution in [0.1, 0.15) is 60.0 Å². The highest BCUT2D eigenvalue weighted by molar-refractivity contribution is 5.94. The van der Waals surface area contributed by atoms with E-state index in [1.807, 2.05) is 24.4 Å². The third-order valence-corrected chi connectivity index (χ3v) is 7.96. The Bertz CT molecular complexity index is 910. The van der Waals surface area contributed by atoms with Gasteiger partial charge in [0.15, 0.2) is 0 Å². The minimum atomic E-state index is -0.408. The second kappa shape index (κ2) is 8.14. The number of aryl methyl sites for hydroxylation is 1. The average molecular weight is 404 g/mol. The summed E-state index contributed by atoms with van der Waals surface area (Å²) in [5.41, 5.74) is 10.1. The molecule has 4 fully saturated rings. The number of nitrogens with two attached hydrogens (primary N) is 1. The Hall–Kier alpha value is -2.20. The van der Waals surface area contributed by atoms with Gasteiger partial charge in [-0.1, -0.05) is 18.2 Å². The van der Waals surface area contributed by atoms with Crippen LogP contribution in [0.15, 0.2) is 36.5 Å². The molecule has 4 aliphatic carbocycles. The summed E-state index contributed by atoms with van der Waals surface area (Å²) in [6.45, 7) is 4.05. The molecule has 1 heterocycles. The molecule has 4 nitrogen and oxygen atoms in total. The molecule has 1 amide bonds. The molecule has 0 spiro atoms. The topological polar surface area (TPSA) is 68.0 Å². The largest absolute Gasteiger partial charge is 0.366 e. The van der Waals surface area contributed by atoms with E-state index in [1.54, 1.807) is 6.07 Å². The smallest absolute Gasteiger partial charge is 0.248 e. The molecule has 4 saturated carbocycles. The van der Waals surface area contributed by atoms with Gasteiger partial charge in [-0.15, -0.1) is 0 Å². The van der Waals surface area contributed by atoms with E-state index >= 15 is 0 Å². The normalized spacial score (nSPS) is 29.3. The average Bonchev–Trinajstić information content (AvgIpc) is 2.72. The molecule has 1 aromatic heterocycles. The van der Waals surface area contributed by atoms with Crippen molar-refractivity contribution in [3.05, 3.63) is 53.2 Å². The lowest BCUT2D eigenvalue weighted by Gasteiger charge is -2.54. The first-order chi connectivity index (χ1) is 14.6. The van der Waals surface area contributed by atoms with Crippen LogP contribution in [0, 0.1) is 36.5 Å². The summed E-state index contributed by atoms with van der Waals surface area (Å²) in [6.07, 6.45) is 10.9. The van der Waals surface area contributed by atoms with E-state index in [0.29, 0.717) is 5.56 Å². The summed E-state index contributed by atoms with van der Waals surface area (Å²) in [5, 5.41) is 3.67. The van der Waals surface area contributed by atoms with E-state index in [-0.39, 0.29) is 0 Å². The zero-order valence-electron chi connectivity index (χ0n) is 17.9. The van der Waals surface area contributed by atoms with Crippen molar-refractivity contribution in [2.75, 3.05) is 6.54 Å². The number of rotatable bonds is 7. The van der Waals surface area contributed by atoms with Crippen molar-refractivity contribution in [1.29, 1.82) is 0 Å². The second-order valence-electron chi connectivity index (χ2n) is 10.0. The van der Waals surface area contributed by atoms with E-state index in [0.717, 1.165) is 59.5 Å². The standard InChI is InChI=1S/C26H33N3O/c1-16-7-19(15-29-25(16)20-3-2-4-21(13-20)26(27)30)14-28-6-5-24-22-9-17-8-18(11-22)12-23(24)10-17/h2-4,7,13,15,17-18,22-24,28H,5-6,8-12,14H2,1H3,(H2,27,30). The lowest BCUT2D eigenvalue weighted by atomic mass is 9.51. The van der Waals surface area contributed by atoms with Crippen LogP contribution < -0.4 is 11.1 Å². The molecule has 158 valence electrons. The van der Waals surface area contributed by atoms with Gasteiger partial charge in [-0.3, -0.25) is 9.78 Å². The van der Waals surface area contributed by atoms with Crippen LogP contribution in [0.3, 0.4) is 0 Å². The summed E-state index contributed by atoms with van der Waals surface area (Å²) in [5.74, 6) is 4.71. The minimum Gasteiger partial charge on any atom is -0.366 e. The maximum Gasteiger partial charge on any atom is 0.248 e. The van der Waals surface area contributed by atoms with Gasteiger partial charge in [0.1, 0.15) is 0 Å².